The number of nitrogens with one attached hydrogen (secondary N) is 3. The summed E-state index contributed by atoms with van der Waals surface area (Å²) in [5.41, 5.74) is 0. The van der Waals surface area contributed by atoms with Gasteiger partial charge in [-0.15, -0.1) is 0 Å². The van der Waals surface area contributed by atoms with Gasteiger partial charge in [0.25, 0.3) is 0 Å². The van der Waals surface area contributed by atoms with Crippen LogP contribution in [0.1, 0.15) is 71.1 Å². The summed E-state index contributed by atoms with van der Waals surface area (Å²) >= 11 is 0. The number of hydrogen-bond acceptors (Lipinski definition) is 5. The molecule has 6 atom stereocenters. The normalized spacial score (nSPS) is 36.4. The summed E-state index contributed by atoms with van der Waals surface area (Å²) in [6, 6.07) is 4.67. The molecular weight excluding hydrogens is 302 g/mol. The topological polar surface area (TPSA) is 92.1 Å². The second-order valence-corrected chi connectivity index (χ2v) is 7.90. The summed E-state index contributed by atoms with van der Waals surface area (Å²) in [6.45, 7) is 2.27. The highest BCUT2D eigenvalue weighted by Crippen LogP contribution is 2.31. The highest BCUT2D eigenvalue weighted by Gasteiger charge is 2.47. The van der Waals surface area contributed by atoms with E-state index in [0.717, 1.165) is 49.1 Å². The highest BCUT2D eigenvalue weighted by atomic mass is 16.5. The zero-order chi connectivity index (χ0) is 16.9. The molecule has 0 aromatic rings. The van der Waals surface area contributed by atoms with Crippen molar-refractivity contribution in [2.75, 3.05) is 7.11 Å². The quantitative estimate of drug-likeness (QED) is 0.272. The molecule has 0 saturated carbocycles. The van der Waals surface area contributed by atoms with E-state index in [2.05, 4.69) is 27.6 Å². The van der Waals surface area contributed by atoms with Crippen molar-refractivity contribution in [3.8, 4) is 0 Å². The fourth-order valence-electron chi connectivity index (χ4n) is 4.09. The molecule has 6 unspecified atom stereocenters. The number of methoxy groups -OCH3 is 1. The molecule has 3 N–H and O–H groups in total. The van der Waals surface area contributed by atoms with Gasteiger partial charge in [-0.05, 0) is 32.1 Å². The lowest BCUT2D eigenvalue weighted by atomic mass is 10.0. The van der Waals surface area contributed by atoms with Crippen LogP contribution in [0, 0.1) is 0 Å². The van der Waals surface area contributed by atoms with Gasteiger partial charge in [0.1, 0.15) is 0 Å². The summed E-state index contributed by atoms with van der Waals surface area (Å²) in [5.74, 6) is -0.0744. The molecule has 0 bridgehead atoms. The molecule has 3 aliphatic heterocycles. The van der Waals surface area contributed by atoms with Crippen LogP contribution < -0.4 is 16.0 Å². The molecule has 0 spiro atoms. The van der Waals surface area contributed by atoms with Crippen LogP contribution in [0.15, 0.2) is 0 Å². The first-order chi connectivity index (χ1) is 11.7. The van der Waals surface area contributed by atoms with E-state index in [1.54, 1.807) is 0 Å². The van der Waals surface area contributed by atoms with Gasteiger partial charge < -0.3 is 20.7 Å². The van der Waals surface area contributed by atoms with Crippen molar-refractivity contribution >= 4 is 5.97 Å². The van der Waals surface area contributed by atoms with Gasteiger partial charge >= 0.3 is 5.97 Å². The van der Waals surface area contributed by atoms with E-state index in [9.17, 15) is 4.79 Å². The van der Waals surface area contributed by atoms with Gasteiger partial charge in [0.2, 0.25) is 0 Å². The average Bonchev–Trinajstić information content (AvgIpc) is 3.48. The molecule has 3 saturated heterocycles. The zero-order valence-corrected chi connectivity index (χ0v) is 15.4. The first kappa shape index (κ1) is 18.2. The van der Waals surface area contributed by atoms with Crippen LogP contribution in [0.3, 0.4) is 0 Å². The average molecular weight is 338 g/mol. The number of esters is 1. The molecular formula is C19H35N3O2. The van der Waals surface area contributed by atoms with Crippen LogP contribution >= 0.6 is 0 Å². The van der Waals surface area contributed by atoms with E-state index in [1.807, 2.05) is 0 Å². The number of carbonyl (C=O) groups is 1. The van der Waals surface area contributed by atoms with E-state index < -0.39 is 0 Å². The van der Waals surface area contributed by atoms with E-state index >= 15 is 0 Å². The Bertz CT molecular complexity index is 417. The number of ether oxygens (including phenoxy) is 1. The summed E-state index contributed by atoms with van der Waals surface area (Å²) < 4.78 is 4.65. The fraction of sp³-hybridized carbons (Fsp3) is 0.947. The maximum absolute atomic E-state index is 11.0. The third-order valence-corrected chi connectivity index (χ3v) is 5.99. The first-order valence-corrected chi connectivity index (χ1v) is 10.1. The summed E-state index contributed by atoms with van der Waals surface area (Å²) in [6.07, 6.45) is 11.8. The third-order valence-electron chi connectivity index (χ3n) is 5.99. The van der Waals surface area contributed by atoms with Crippen molar-refractivity contribution in [1.82, 2.24) is 16.0 Å². The molecule has 3 rings (SSSR count). The number of hydrogen-bond donors (Lipinski definition) is 3. The van der Waals surface area contributed by atoms with E-state index in [4.69, 9.17) is 0 Å². The first-order valence-electron chi connectivity index (χ1n) is 10.1. The Labute approximate surface area is 146 Å². The highest BCUT2D eigenvalue weighted by molar-refractivity contribution is 5.68. The Hall–Kier alpha value is -0.650. The van der Waals surface area contributed by atoms with E-state index in [1.165, 1.54) is 52.1 Å². The lowest BCUT2D eigenvalue weighted by Gasteiger charge is -2.01. The summed E-state index contributed by atoms with van der Waals surface area (Å²) in [5, 5.41) is 10.9. The van der Waals surface area contributed by atoms with E-state index in [0.29, 0.717) is 6.42 Å². The van der Waals surface area contributed by atoms with E-state index in [-0.39, 0.29) is 5.97 Å². The van der Waals surface area contributed by atoms with Crippen molar-refractivity contribution < 1.29 is 9.53 Å². The second kappa shape index (κ2) is 8.63. The smallest absolute Gasteiger partial charge is 0.305 e. The Kier molecular flexibility index (Phi) is 6.53. The minimum absolute atomic E-state index is 0.0744. The molecule has 0 aliphatic carbocycles. The lowest BCUT2D eigenvalue weighted by molar-refractivity contribution is -0.140. The molecule has 0 amide bonds. The molecule has 3 heterocycles. The number of rotatable bonds is 13. The fourth-order valence-corrected chi connectivity index (χ4v) is 4.09. The Morgan fingerprint density at radius 3 is 2.00 bits per heavy atom. The predicted octanol–water partition coefficient (Wildman–Crippen LogP) is 2.10. The van der Waals surface area contributed by atoms with Crippen LogP contribution in [0.25, 0.3) is 0 Å². The monoisotopic (exact) mass is 337 g/mol. The van der Waals surface area contributed by atoms with Crippen molar-refractivity contribution in [1.29, 1.82) is 0 Å². The maximum atomic E-state index is 11.0. The molecule has 5 heteroatoms. The Morgan fingerprint density at radius 1 is 0.792 bits per heavy atom. The van der Waals surface area contributed by atoms with Crippen molar-refractivity contribution in [2.45, 2.75) is 107 Å². The van der Waals surface area contributed by atoms with Crippen LogP contribution in [0.5, 0.6) is 0 Å². The van der Waals surface area contributed by atoms with Gasteiger partial charge in [-0.25, -0.2) is 0 Å². The van der Waals surface area contributed by atoms with Gasteiger partial charge in [-0.2, -0.15) is 0 Å². The Morgan fingerprint density at radius 2 is 1.33 bits per heavy atom. The summed E-state index contributed by atoms with van der Waals surface area (Å²) in [4.78, 5) is 11.0. The molecule has 3 aliphatic rings. The predicted molar refractivity (Wildman–Crippen MR) is 96.0 cm³/mol. The molecule has 24 heavy (non-hydrogen) atoms. The second-order valence-electron chi connectivity index (χ2n) is 7.90. The van der Waals surface area contributed by atoms with Crippen LogP contribution in [-0.4, -0.2) is 49.3 Å². The molecule has 0 radical (unpaired) electrons. The molecule has 5 nitrogen and oxygen atoms in total. The number of carbonyl (C=O) groups excluding carboxylic acids is 1. The third kappa shape index (κ3) is 5.71. The molecule has 138 valence electrons. The standard InChI is InChI=1S/C19H35N3O2/c1-3-13-15(20-13)11-17-18(22-17)12-16-14(21-16)9-7-5-4-6-8-10-19(23)24-2/h13-18,20-22H,3-12H2,1-2H3. The minimum atomic E-state index is -0.0744. The van der Waals surface area contributed by atoms with Gasteiger partial charge in [-0.1, -0.05) is 32.6 Å². The van der Waals surface area contributed by atoms with Crippen LogP contribution in [-0.2, 0) is 9.53 Å². The maximum Gasteiger partial charge on any atom is 0.305 e. The van der Waals surface area contributed by atoms with Crippen molar-refractivity contribution in [3.05, 3.63) is 0 Å². The van der Waals surface area contributed by atoms with Gasteiger partial charge in [0.15, 0.2) is 0 Å². The minimum Gasteiger partial charge on any atom is -0.469 e. The van der Waals surface area contributed by atoms with Gasteiger partial charge in [0.05, 0.1) is 7.11 Å². The number of unbranched alkanes of at least 4 members (excludes halogenated alkanes) is 4. The van der Waals surface area contributed by atoms with Crippen LogP contribution in [0.2, 0.25) is 0 Å². The van der Waals surface area contributed by atoms with Gasteiger partial charge in [-0.3, -0.25) is 4.79 Å². The van der Waals surface area contributed by atoms with Gasteiger partial charge in [0, 0.05) is 42.7 Å². The SMILES string of the molecule is CCC1NC1CC1NC1CC1NC1CCCCCCCC(=O)OC. The summed E-state index contributed by atoms with van der Waals surface area (Å²) in [7, 11) is 1.46. The Balaban J connectivity index is 1.12. The van der Waals surface area contributed by atoms with Crippen LogP contribution in [0.4, 0.5) is 0 Å². The molecule has 0 aromatic carbocycles. The lowest BCUT2D eigenvalue weighted by Crippen LogP contribution is -2.06. The zero-order valence-electron chi connectivity index (χ0n) is 15.4. The largest absolute Gasteiger partial charge is 0.469 e. The van der Waals surface area contributed by atoms with Crippen molar-refractivity contribution in [2.24, 2.45) is 0 Å². The van der Waals surface area contributed by atoms with Crippen molar-refractivity contribution in [3.63, 3.8) is 0 Å². The molecule has 3 fully saturated rings. The molecule has 0 aromatic heterocycles.